The van der Waals surface area contributed by atoms with Crippen LogP contribution in [0.5, 0.6) is 0 Å². The maximum absolute atomic E-state index is 12.3. The Hall–Kier alpha value is -3.52. The van der Waals surface area contributed by atoms with Gasteiger partial charge in [0.2, 0.25) is 0 Å². The van der Waals surface area contributed by atoms with Gasteiger partial charge in [0.15, 0.2) is 0 Å². The van der Waals surface area contributed by atoms with Gasteiger partial charge in [0.1, 0.15) is 28.7 Å². The van der Waals surface area contributed by atoms with Crippen molar-refractivity contribution in [2.24, 2.45) is 4.99 Å². The Morgan fingerprint density at radius 3 is 2.68 bits per heavy atom. The molecule has 3 aromatic rings. The summed E-state index contributed by atoms with van der Waals surface area (Å²) >= 11 is 0. The van der Waals surface area contributed by atoms with Crippen LogP contribution in [-0.4, -0.2) is 40.2 Å². The Kier molecular flexibility index (Phi) is 5.51. The van der Waals surface area contributed by atoms with Crippen LogP contribution >= 0.6 is 0 Å². The van der Waals surface area contributed by atoms with Crippen molar-refractivity contribution < 1.29 is 4.79 Å². The minimum Gasteiger partial charge on any atom is -0.382 e. The second-order valence-corrected chi connectivity index (χ2v) is 6.20. The molecule has 4 N–H and O–H groups in total. The van der Waals surface area contributed by atoms with Crippen LogP contribution in [0.15, 0.2) is 54.3 Å². The molecule has 1 atom stereocenters. The van der Waals surface area contributed by atoms with Crippen LogP contribution < -0.4 is 16.4 Å². The van der Waals surface area contributed by atoms with Crippen LogP contribution in [0.3, 0.4) is 0 Å². The second-order valence-electron chi connectivity index (χ2n) is 6.20. The first-order valence-electron chi connectivity index (χ1n) is 8.80. The van der Waals surface area contributed by atoms with Crippen molar-refractivity contribution in [1.82, 2.24) is 25.0 Å². The zero-order chi connectivity index (χ0) is 20.3. The molecule has 2 aromatic heterocycles. The van der Waals surface area contributed by atoms with Gasteiger partial charge in [0.05, 0.1) is 6.04 Å². The lowest BCUT2D eigenvalue weighted by molar-refractivity contribution is 0.0977. The normalized spacial score (nSPS) is 12.8. The van der Waals surface area contributed by atoms with Gasteiger partial charge in [-0.25, -0.2) is 9.97 Å². The number of aromatic nitrogens is 3. The fraction of sp³-hybridized carbons (Fsp3) is 0.200. The molecule has 0 saturated heterocycles. The number of imidazole rings is 1. The molecule has 144 valence electrons. The number of amidine groups is 1. The molecule has 28 heavy (non-hydrogen) atoms. The van der Waals surface area contributed by atoms with E-state index in [-0.39, 0.29) is 11.9 Å². The minimum atomic E-state index is -0.257. The molecule has 8 nitrogen and oxygen atoms in total. The smallest absolute Gasteiger partial charge is 0.256 e. The Balaban J connectivity index is 2.02. The molecule has 3 rings (SSSR count). The summed E-state index contributed by atoms with van der Waals surface area (Å²) in [6.07, 6.45) is 4.98. The molecule has 0 aliphatic rings. The van der Waals surface area contributed by atoms with E-state index in [2.05, 4.69) is 27.2 Å². The third kappa shape index (κ3) is 3.49. The molecule has 1 amide bonds. The third-order valence-corrected chi connectivity index (χ3v) is 4.53. The predicted molar refractivity (Wildman–Crippen MR) is 111 cm³/mol. The quantitative estimate of drug-likeness (QED) is 0.466. The summed E-state index contributed by atoms with van der Waals surface area (Å²) in [5.41, 5.74) is 8.94. The number of benzene rings is 1. The molecule has 0 aliphatic heterocycles. The number of nitrogens with zero attached hydrogens (tertiary/aromatic N) is 4. The predicted octanol–water partition coefficient (Wildman–Crippen LogP) is 2.20. The molecule has 1 unspecified atom stereocenters. The highest BCUT2D eigenvalue weighted by Gasteiger charge is 2.19. The monoisotopic (exact) mass is 377 g/mol. The number of nitrogen functional groups attached to an aromatic ring is 1. The van der Waals surface area contributed by atoms with Crippen LogP contribution in [0.1, 0.15) is 29.1 Å². The SMILES string of the molecule is C=CC(=NC)NC(=O)c1ccc(-c2nc(C(C)NC)n3ccnc(N)c23)cc1. The number of fused-ring (bicyclic) bond motifs is 1. The molecule has 0 aliphatic carbocycles. The Morgan fingerprint density at radius 1 is 1.36 bits per heavy atom. The molecule has 1 aromatic carbocycles. The number of rotatable bonds is 5. The van der Waals surface area contributed by atoms with Crippen LogP contribution in [-0.2, 0) is 0 Å². The highest BCUT2D eigenvalue weighted by atomic mass is 16.1. The summed E-state index contributed by atoms with van der Waals surface area (Å²) in [5.74, 6) is 1.39. The van der Waals surface area contributed by atoms with Crippen LogP contribution in [0.2, 0.25) is 0 Å². The third-order valence-electron chi connectivity index (χ3n) is 4.53. The standard InChI is InChI=1S/C20H23N7O/c1-5-15(23-4)25-20(28)14-8-6-13(7-9-14)16-17-18(21)24-10-11-27(17)19(26-16)12(2)22-3/h5-12,22H,1H2,2-4H3,(H2,21,24)(H,23,25,28). The summed E-state index contributed by atoms with van der Waals surface area (Å²) in [7, 11) is 3.47. The Labute approximate surface area is 163 Å². The lowest BCUT2D eigenvalue weighted by atomic mass is 10.1. The van der Waals surface area contributed by atoms with Crippen molar-refractivity contribution in [3.8, 4) is 11.3 Å². The van der Waals surface area contributed by atoms with Crippen molar-refractivity contribution in [2.75, 3.05) is 19.8 Å². The van der Waals surface area contributed by atoms with Crippen molar-refractivity contribution in [3.05, 3.63) is 60.7 Å². The summed E-state index contributed by atoms with van der Waals surface area (Å²) in [6, 6.07) is 7.18. The van der Waals surface area contributed by atoms with Gasteiger partial charge in [-0.1, -0.05) is 18.7 Å². The topological polar surface area (TPSA) is 110 Å². The van der Waals surface area contributed by atoms with Crippen molar-refractivity contribution in [1.29, 1.82) is 0 Å². The number of nitrogens with two attached hydrogens (primary N) is 1. The molecule has 0 bridgehead atoms. The lowest BCUT2D eigenvalue weighted by Crippen LogP contribution is -2.28. The van der Waals surface area contributed by atoms with Gasteiger partial charge >= 0.3 is 0 Å². The summed E-state index contributed by atoms with van der Waals surface area (Å²) in [6.45, 7) is 5.64. The molecule has 0 spiro atoms. The average Bonchev–Trinajstić information content (AvgIpc) is 3.12. The fourth-order valence-corrected chi connectivity index (χ4v) is 2.89. The molecule has 0 radical (unpaired) electrons. The fourth-order valence-electron chi connectivity index (χ4n) is 2.89. The molecule has 0 fully saturated rings. The minimum absolute atomic E-state index is 0.0266. The summed E-state index contributed by atoms with van der Waals surface area (Å²) in [5, 5.41) is 5.89. The number of amides is 1. The number of hydrogen-bond donors (Lipinski definition) is 3. The van der Waals surface area contributed by atoms with E-state index < -0.39 is 0 Å². The number of hydrogen-bond acceptors (Lipinski definition) is 6. The van der Waals surface area contributed by atoms with E-state index in [1.807, 2.05) is 36.7 Å². The number of nitrogens with one attached hydrogen (secondary N) is 2. The van der Waals surface area contributed by atoms with E-state index >= 15 is 0 Å². The van der Waals surface area contributed by atoms with Gasteiger partial charge < -0.3 is 16.4 Å². The molecular formula is C20H23N7O. The number of anilines is 1. The van der Waals surface area contributed by atoms with Crippen LogP contribution in [0, 0.1) is 0 Å². The van der Waals surface area contributed by atoms with E-state index in [0.717, 1.165) is 22.6 Å². The first-order valence-corrected chi connectivity index (χ1v) is 8.80. The van der Waals surface area contributed by atoms with Gasteiger partial charge in [0, 0.05) is 30.6 Å². The summed E-state index contributed by atoms with van der Waals surface area (Å²) < 4.78 is 1.94. The number of carbonyl (C=O) groups excluding carboxylic acids is 1. The maximum Gasteiger partial charge on any atom is 0.256 e. The van der Waals surface area contributed by atoms with Crippen LogP contribution in [0.25, 0.3) is 16.8 Å². The second kappa shape index (κ2) is 8.01. The van der Waals surface area contributed by atoms with E-state index in [9.17, 15) is 4.79 Å². The highest BCUT2D eigenvalue weighted by molar-refractivity contribution is 6.10. The van der Waals surface area contributed by atoms with Gasteiger partial charge in [0.25, 0.3) is 5.91 Å². The van der Waals surface area contributed by atoms with Crippen molar-refractivity contribution in [3.63, 3.8) is 0 Å². The maximum atomic E-state index is 12.3. The van der Waals surface area contributed by atoms with E-state index in [0.29, 0.717) is 17.2 Å². The lowest BCUT2D eigenvalue weighted by Gasteiger charge is -2.08. The van der Waals surface area contributed by atoms with Crippen molar-refractivity contribution >= 4 is 23.1 Å². The number of aliphatic imine (C=N–C) groups is 1. The zero-order valence-corrected chi connectivity index (χ0v) is 16.1. The van der Waals surface area contributed by atoms with Gasteiger partial charge in [-0.3, -0.25) is 14.2 Å². The molecule has 2 heterocycles. The molecule has 0 saturated carbocycles. The zero-order valence-electron chi connectivity index (χ0n) is 16.1. The Morgan fingerprint density at radius 2 is 2.07 bits per heavy atom. The first-order chi connectivity index (χ1) is 13.5. The van der Waals surface area contributed by atoms with Gasteiger partial charge in [-0.05, 0) is 32.2 Å². The molecular weight excluding hydrogens is 354 g/mol. The van der Waals surface area contributed by atoms with E-state index in [1.54, 1.807) is 25.4 Å². The first kappa shape index (κ1) is 19.2. The number of carbonyl (C=O) groups is 1. The Bertz CT molecular complexity index is 1050. The van der Waals surface area contributed by atoms with E-state index in [4.69, 9.17) is 10.7 Å². The van der Waals surface area contributed by atoms with E-state index in [1.165, 1.54) is 6.08 Å². The largest absolute Gasteiger partial charge is 0.382 e. The molecule has 8 heteroatoms. The highest BCUT2D eigenvalue weighted by Crippen LogP contribution is 2.30. The van der Waals surface area contributed by atoms with Gasteiger partial charge in [-0.2, -0.15) is 0 Å². The van der Waals surface area contributed by atoms with Crippen LogP contribution in [0.4, 0.5) is 5.82 Å². The van der Waals surface area contributed by atoms with Crippen molar-refractivity contribution in [2.45, 2.75) is 13.0 Å². The van der Waals surface area contributed by atoms with Gasteiger partial charge in [-0.15, -0.1) is 0 Å². The summed E-state index contributed by atoms with van der Waals surface area (Å²) in [4.78, 5) is 25.2. The average molecular weight is 377 g/mol.